The van der Waals surface area contributed by atoms with Gasteiger partial charge in [0.1, 0.15) is 34.5 Å². The first-order chi connectivity index (χ1) is 26.8. The molecule has 0 saturated heterocycles. The summed E-state index contributed by atoms with van der Waals surface area (Å²) < 4.78 is 37.9. The number of ether oxygens (including phenoxy) is 6. The van der Waals surface area contributed by atoms with Gasteiger partial charge in [0.2, 0.25) is 0 Å². The van der Waals surface area contributed by atoms with Crippen molar-refractivity contribution in [3.63, 3.8) is 0 Å². The predicted molar refractivity (Wildman–Crippen MR) is 213 cm³/mol. The fraction of sp³-hybridized carbons (Fsp3) is 0.375. The molecule has 8 nitrogen and oxygen atoms in total. The van der Waals surface area contributed by atoms with E-state index < -0.39 is 23.0 Å². The van der Waals surface area contributed by atoms with Crippen molar-refractivity contribution in [3.05, 3.63) is 142 Å². The van der Waals surface area contributed by atoms with E-state index in [0.29, 0.717) is 71.3 Å². The fourth-order valence-corrected chi connectivity index (χ4v) is 9.80. The Balaban J connectivity index is 1.57. The van der Waals surface area contributed by atoms with Crippen LogP contribution in [0.15, 0.2) is 120 Å². The van der Waals surface area contributed by atoms with Crippen LogP contribution in [-0.4, -0.2) is 40.0 Å². The quantitative estimate of drug-likeness (QED) is 0.176. The minimum atomic E-state index is -1.30. The van der Waals surface area contributed by atoms with Crippen LogP contribution in [0.25, 0.3) is 0 Å². The molecule has 8 rings (SSSR count). The molecule has 0 radical (unpaired) electrons. The first-order valence-electron chi connectivity index (χ1n) is 19.3. The molecule has 2 unspecified atom stereocenters. The minimum Gasteiger partial charge on any atom is -0.497 e. The Kier molecular flexibility index (Phi) is 9.09. The lowest BCUT2D eigenvalue weighted by molar-refractivity contribution is -0.153. The molecular formula is C48H50O8. The summed E-state index contributed by atoms with van der Waals surface area (Å²) in [5.74, 6) is 2.53. The van der Waals surface area contributed by atoms with Gasteiger partial charge in [0.15, 0.2) is 22.8 Å². The van der Waals surface area contributed by atoms with E-state index >= 15 is 9.59 Å². The number of carbonyl (C=O) groups excluding carboxylic acids is 2. The standard InChI is InChI=1S/C48H50O8/c1-45(2)25-37(49)41-39(27-45)55-47(29-9-17-33(51-5)18-10-29,30-11-19-34(52-6)20-12-30)44-42-38(50)26-46(3,4)28-40(42)56-48(43(41)44,31-13-21-35(53-7)22-14-31)32-15-23-36(54-8)24-16-32/h9-24,43-44H,25-28H2,1-8H3. The second-order valence-electron chi connectivity index (χ2n) is 17.1. The lowest BCUT2D eigenvalue weighted by Gasteiger charge is -2.60. The predicted octanol–water partition coefficient (Wildman–Crippen LogP) is 9.49. The second kappa shape index (κ2) is 13.6. The number of Topliss-reactive ketones (excluding diaryl/α,β-unsaturated/α-hetero) is 2. The van der Waals surface area contributed by atoms with Crippen molar-refractivity contribution in [2.24, 2.45) is 22.7 Å². The highest BCUT2D eigenvalue weighted by Gasteiger charge is 2.68. The Labute approximate surface area is 329 Å². The number of carbonyl (C=O) groups is 2. The Hall–Kier alpha value is -5.50. The number of hydrogen-bond acceptors (Lipinski definition) is 8. The van der Waals surface area contributed by atoms with Gasteiger partial charge in [0, 0.05) is 59.1 Å². The molecule has 56 heavy (non-hydrogen) atoms. The lowest BCUT2D eigenvalue weighted by atomic mass is 9.52. The van der Waals surface area contributed by atoms with Crippen LogP contribution in [0.2, 0.25) is 0 Å². The molecule has 0 amide bonds. The summed E-state index contributed by atoms with van der Waals surface area (Å²) in [4.78, 5) is 30.2. The summed E-state index contributed by atoms with van der Waals surface area (Å²) in [7, 11) is 6.57. The zero-order valence-electron chi connectivity index (χ0n) is 33.5. The van der Waals surface area contributed by atoms with Gasteiger partial charge < -0.3 is 28.4 Å². The molecule has 2 heterocycles. The molecule has 4 aromatic carbocycles. The molecule has 2 aliphatic heterocycles. The van der Waals surface area contributed by atoms with Crippen LogP contribution in [0.5, 0.6) is 23.0 Å². The molecular weight excluding hydrogens is 705 g/mol. The van der Waals surface area contributed by atoms with Crippen LogP contribution in [0, 0.1) is 22.7 Å². The number of fused-ring (bicyclic) bond motifs is 3. The SMILES string of the molecule is COc1ccc(C2(c3ccc(OC)cc3)OC3=C(C(=O)CC(C)(C)C3)C3C2C2=C(CC(C)(C)CC2=O)OC3(c2ccc(OC)cc2)c2ccc(OC)cc2)cc1. The Bertz CT molecular complexity index is 1970. The number of methoxy groups -OCH3 is 4. The summed E-state index contributed by atoms with van der Waals surface area (Å²) >= 11 is 0. The summed E-state index contributed by atoms with van der Waals surface area (Å²) in [5.41, 5.74) is 1.06. The number of allylic oxidation sites excluding steroid dienone is 2. The summed E-state index contributed by atoms with van der Waals surface area (Å²) in [6.07, 6.45) is 1.68. The maximum atomic E-state index is 15.1. The van der Waals surface area contributed by atoms with Crippen LogP contribution in [0.4, 0.5) is 0 Å². The topological polar surface area (TPSA) is 89.5 Å². The molecule has 0 bridgehead atoms. The number of hydrogen-bond donors (Lipinski definition) is 0. The lowest BCUT2D eigenvalue weighted by Crippen LogP contribution is -2.61. The molecule has 0 N–H and O–H groups in total. The largest absolute Gasteiger partial charge is 0.497 e. The average molecular weight is 755 g/mol. The van der Waals surface area contributed by atoms with Gasteiger partial charge in [-0.3, -0.25) is 9.59 Å². The van der Waals surface area contributed by atoms with Crippen molar-refractivity contribution in [2.75, 3.05) is 28.4 Å². The van der Waals surface area contributed by atoms with Crippen molar-refractivity contribution in [1.82, 2.24) is 0 Å². The highest BCUT2D eigenvalue weighted by atomic mass is 16.5. The van der Waals surface area contributed by atoms with Crippen molar-refractivity contribution in [1.29, 1.82) is 0 Å². The molecule has 4 aliphatic rings. The van der Waals surface area contributed by atoms with Gasteiger partial charge in [0.25, 0.3) is 0 Å². The maximum absolute atomic E-state index is 15.1. The van der Waals surface area contributed by atoms with E-state index in [1.54, 1.807) is 28.4 Å². The van der Waals surface area contributed by atoms with Crippen molar-refractivity contribution in [2.45, 2.75) is 64.6 Å². The zero-order valence-corrected chi connectivity index (χ0v) is 33.5. The molecule has 8 heteroatoms. The minimum absolute atomic E-state index is 0.00746. The molecule has 2 atom stereocenters. The van der Waals surface area contributed by atoms with E-state index in [4.69, 9.17) is 28.4 Å². The number of benzene rings is 4. The van der Waals surface area contributed by atoms with E-state index in [-0.39, 0.29) is 22.4 Å². The molecule has 0 saturated carbocycles. The Morgan fingerprint density at radius 3 is 0.911 bits per heavy atom. The molecule has 0 spiro atoms. The Morgan fingerprint density at radius 1 is 0.429 bits per heavy atom. The highest BCUT2D eigenvalue weighted by molar-refractivity contribution is 6.02. The first kappa shape index (κ1) is 37.4. The van der Waals surface area contributed by atoms with Crippen LogP contribution < -0.4 is 18.9 Å². The van der Waals surface area contributed by atoms with Gasteiger partial charge in [-0.2, -0.15) is 0 Å². The van der Waals surface area contributed by atoms with Gasteiger partial charge in [-0.15, -0.1) is 0 Å². The smallest absolute Gasteiger partial charge is 0.166 e. The van der Waals surface area contributed by atoms with Gasteiger partial charge in [0.05, 0.1) is 40.3 Å². The molecule has 0 aromatic heterocycles. The molecule has 4 aromatic rings. The summed E-state index contributed by atoms with van der Waals surface area (Å²) in [6.45, 7) is 8.43. The van der Waals surface area contributed by atoms with E-state index in [2.05, 4.69) is 27.7 Å². The van der Waals surface area contributed by atoms with Crippen LogP contribution in [0.3, 0.4) is 0 Å². The number of ketones is 2. The summed E-state index contributed by atoms with van der Waals surface area (Å²) in [5, 5.41) is 0. The van der Waals surface area contributed by atoms with Crippen LogP contribution in [0.1, 0.15) is 75.6 Å². The van der Waals surface area contributed by atoms with Crippen LogP contribution in [-0.2, 0) is 30.3 Å². The summed E-state index contributed by atoms with van der Waals surface area (Å²) in [6, 6.07) is 31.6. The van der Waals surface area contributed by atoms with Gasteiger partial charge >= 0.3 is 0 Å². The van der Waals surface area contributed by atoms with Crippen molar-refractivity contribution < 1.29 is 38.0 Å². The Morgan fingerprint density at radius 2 is 0.679 bits per heavy atom. The third-order valence-corrected chi connectivity index (χ3v) is 12.2. The maximum Gasteiger partial charge on any atom is 0.166 e. The first-order valence-corrected chi connectivity index (χ1v) is 19.3. The highest BCUT2D eigenvalue weighted by Crippen LogP contribution is 2.67. The fourth-order valence-electron chi connectivity index (χ4n) is 9.80. The third-order valence-electron chi connectivity index (χ3n) is 12.2. The molecule has 2 aliphatic carbocycles. The van der Waals surface area contributed by atoms with Gasteiger partial charge in [-0.05, 0) is 59.4 Å². The van der Waals surface area contributed by atoms with E-state index in [9.17, 15) is 0 Å². The van der Waals surface area contributed by atoms with Crippen LogP contribution >= 0.6 is 0 Å². The van der Waals surface area contributed by atoms with Gasteiger partial charge in [-0.25, -0.2) is 0 Å². The van der Waals surface area contributed by atoms with Gasteiger partial charge in [-0.1, -0.05) is 76.2 Å². The zero-order chi connectivity index (χ0) is 39.6. The molecule has 290 valence electrons. The van der Waals surface area contributed by atoms with E-state index in [0.717, 1.165) is 22.3 Å². The second-order valence-corrected chi connectivity index (χ2v) is 17.1. The average Bonchev–Trinajstić information content (AvgIpc) is 3.19. The monoisotopic (exact) mass is 754 g/mol. The third kappa shape index (κ3) is 5.87. The van der Waals surface area contributed by atoms with E-state index in [1.165, 1.54) is 0 Å². The normalized spacial score (nSPS) is 22.8. The van der Waals surface area contributed by atoms with E-state index in [1.807, 2.05) is 97.1 Å². The molecule has 0 fully saturated rings. The van der Waals surface area contributed by atoms with Crippen molar-refractivity contribution >= 4 is 11.6 Å². The van der Waals surface area contributed by atoms with Crippen molar-refractivity contribution in [3.8, 4) is 23.0 Å². The number of rotatable bonds is 8.